The molecule has 0 aliphatic carbocycles. The van der Waals surface area contributed by atoms with Gasteiger partial charge in [0.2, 0.25) is 0 Å². The van der Waals surface area contributed by atoms with Gasteiger partial charge in [-0.2, -0.15) is 0 Å². The average molecular weight is 154 g/mol. The van der Waals surface area contributed by atoms with Gasteiger partial charge in [-0.15, -0.1) is 0 Å². The number of allylic oxidation sites excluding steroid dienone is 1. The van der Waals surface area contributed by atoms with E-state index < -0.39 is 0 Å². The summed E-state index contributed by atoms with van der Waals surface area (Å²) >= 11 is 0. The van der Waals surface area contributed by atoms with E-state index in [2.05, 4.69) is 32.4 Å². The van der Waals surface area contributed by atoms with Crippen molar-refractivity contribution in [3.8, 4) is 0 Å². The van der Waals surface area contributed by atoms with Gasteiger partial charge in [-0.25, -0.2) is 5.01 Å². The molecule has 64 valence electrons. The number of hydrazine groups is 1. The van der Waals surface area contributed by atoms with Crippen LogP contribution in [-0.2, 0) is 0 Å². The van der Waals surface area contributed by atoms with Crippen LogP contribution in [0.1, 0.15) is 20.8 Å². The van der Waals surface area contributed by atoms with E-state index in [0.717, 1.165) is 11.3 Å². The van der Waals surface area contributed by atoms with Gasteiger partial charge in [-0.05, 0) is 26.3 Å². The molecule has 0 aromatic heterocycles. The van der Waals surface area contributed by atoms with Crippen molar-refractivity contribution in [1.29, 1.82) is 0 Å². The summed E-state index contributed by atoms with van der Waals surface area (Å²) in [4.78, 5) is 0. The minimum Gasteiger partial charge on any atom is -0.319 e. The maximum Gasteiger partial charge on any atom is 0.0441 e. The van der Waals surface area contributed by atoms with E-state index in [9.17, 15) is 0 Å². The van der Waals surface area contributed by atoms with Crippen molar-refractivity contribution in [3.63, 3.8) is 0 Å². The van der Waals surface area contributed by atoms with Crippen LogP contribution in [0, 0.1) is 0 Å². The second kappa shape index (κ2) is 4.19. The Morgan fingerprint density at radius 3 is 2.09 bits per heavy atom. The summed E-state index contributed by atoms with van der Waals surface area (Å²) in [6, 6.07) is 0.464. The number of hydrogen-bond acceptors (Lipinski definition) is 2. The number of nitrogens with one attached hydrogen (secondary N) is 1. The molecular formula is C9H18N2. The lowest BCUT2D eigenvalue weighted by Gasteiger charge is -2.24. The van der Waals surface area contributed by atoms with Gasteiger partial charge >= 0.3 is 0 Å². The Morgan fingerprint density at radius 2 is 1.82 bits per heavy atom. The normalized spacial score (nSPS) is 10.4. The summed E-state index contributed by atoms with van der Waals surface area (Å²) in [6.07, 6.45) is 0. The van der Waals surface area contributed by atoms with E-state index in [4.69, 9.17) is 0 Å². The molecule has 0 amide bonds. The first-order chi connectivity index (χ1) is 4.95. The summed E-state index contributed by atoms with van der Waals surface area (Å²) in [5, 5.41) is 2.00. The molecule has 0 aliphatic heterocycles. The van der Waals surface area contributed by atoms with Gasteiger partial charge in [0.25, 0.3) is 0 Å². The zero-order chi connectivity index (χ0) is 9.02. The Balaban J connectivity index is 3.85. The highest BCUT2D eigenvalue weighted by atomic mass is 15.5. The summed E-state index contributed by atoms with van der Waals surface area (Å²) in [6.45, 7) is 13.8. The monoisotopic (exact) mass is 154 g/mol. The molecule has 2 nitrogen and oxygen atoms in total. The van der Waals surface area contributed by atoms with Crippen LogP contribution in [0.15, 0.2) is 24.4 Å². The van der Waals surface area contributed by atoms with Crippen molar-refractivity contribution in [2.24, 2.45) is 0 Å². The average Bonchev–Trinajstić information content (AvgIpc) is 1.87. The smallest absolute Gasteiger partial charge is 0.0441 e. The highest BCUT2D eigenvalue weighted by molar-refractivity contribution is 5.19. The van der Waals surface area contributed by atoms with Crippen LogP contribution < -0.4 is 5.43 Å². The van der Waals surface area contributed by atoms with Gasteiger partial charge in [-0.1, -0.05) is 13.2 Å². The third kappa shape index (κ3) is 3.83. The molecule has 0 fully saturated rings. The molecule has 0 aromatic carbocycles. The third-order valence-corrected chi connectivity index (χ3v) is 1.60. The first kappa shape index (κ1) is 10.2. The quantitative estimate of drug-likeness (QED) is 0.491. The number of hydrogen-bond donors (Lipinski definition) is 1. The standard InChI is InChI=1S/C9H18N2/c1-7(2)9(5)10-11(6)8(3)4/h8,10H,1,5H2,2-4,6H3. The van der Waals surface area contributed by atoms with Gasteiger partial charge in [0, 0.05) is 18.8 Å². The van der Waals surface area contributed by atoms with Crippen LogP contribution in [-0.4, -0.2) is 18.1 Å². The van der Waals surface area contributed by atoms with Crippen LogP contribution in [0.2, 0.25) is 0 Å². The minimum absolute atomic E-state index is 0.464. The van der Waals surface area contributed by atoms with Crippen molar-refractivity contribution in [1.82, 2.24) is 10.4 Å². The van der Waals surface area contributed by atoms with Gasteiger partial charge in [0.05, 0.1) is 0 Å². The van der Waals surface area contributed by atoms with Crippen LogP contribution in [0.5, 0.6) is 0 Å². The lowest BCUT2D eigenvalue weighted by atomic mass is 10.3. The van der Waals surface area contributed by atoms with E-state index in [1.54, 1.807) is 0 Å². The molecule has 0 bridgehead atoms. The molecule has 0 unspecified atom stereocenters. The van der Waals surface area contributed by atoms with Gasteiger partial charge in [0.1, 0.15) is 0 Å². The topological polar surface area (TPSA) is 15.3 Å². The van der Waals surface area contributed by atoms with E-state index >= 15 is 0 Å². The zero-order valence-electron chi connectivity index (χ0n) is 7.94. The predicted octanol–water partition coefficient (Wildman–Crippen LogP) is 1.92. The molecule has 0 spiro atoms. The predicted molar refractivity (Wildman–Crippen MR) is 50.0 cm³/mol. The largest absolute Gasteiger partial charge is 0.319 e. The SMILES string of the molecule is C=C(C)C(=C)NN(C)C(C)C. The van der Waals surface area contributed by atoms with Gasteiger partial charge < -0.3 is 5.43 Å². The Kier molecular flexibility index (Phi) is 3.90. The molecule has 0 radical (unpaired) electrons. The Bertz CT molecular complexity index is 159. The lowest BCUT2D eigenvalue weighted by Crippen LogP contribution is -2.38. The summed E-state index contributed by atoms with van der Waals surface area (Å²) in [7, 11) is 1.98. The number of nitrogens with zero attached hydrogens (tertiary/aromatic N) is 1. The molecule has 0 saturated carbocycles. The van der Waals surface area contributed by atoms with Crippen LogP contribution in [0.25, 0.3) is 0 Å². The highest BCUT2D eigenvalue weighted by Crippen LogP contribution is 2.00. The van der Waals surface area contributed by atoms with Crippen molar-refractivity contribution in [3.05, 3.63) is 24.4 Å². The van der Waals surface area contributed by atoms with E-state index in [0.29, 0.717) is 6.04 Å². The maximum atomic E-state index is 3.82. The summed E-state index contributed by atoms with van der Waals surface area (Å²) < 4.78 is 0. The molecule has 0 atom stereocenters. The fraction of sp³-hybridized carbons (Fsp3) is 0.556. The molecule has 11 heavy (non-hydrogen) atoms. The van der Waals surface area contributed by atoms with Crippen molar-refractivity contribution < 1.29 is 0 Å². The molecule has 0 heterocycles. The maximum absolute atomic E-state index is 3.82. The van der Waals surface area contributed by atoms with Gasteiger partial charge in [0.15, 0.2) is 0 Å². The minimum atomic E-state index is 0.464. The molecule has 0 rings (SSSR count). The Labute approximate surface area is 69.6 Å². The summed E-state index contributed by atoms with van der Waals surface area (Å²) in [5.41, 5.74) is 4.96. The zero-order valence-corrected chi connectivity index (χ0v) is 7.94. The second-order valence-electron chi connectivity index (χ2n) is 3.08. The number of rotatable bonds is 4. The van der Waals surface area contributed by atoms with Crippen molar-refractivity contribution >= 4 is 0 Å². The second-order valence-corrected chi connectivity index (χ2v) is 3.08. The van der Waals surface area contributed by atoms with Crippen LogP contribution in [0.4, 0.5) is 0 Å². The fourth-order valence-corrected chi connectivity index (χ4v) is 0.437. The molecule has 1 N–H and O–H groups in total. The lowest BCUT2D eigenvalue weighted by molar-refractivity contribution is 0.214. The van der Waals surface area contributed by atoms with Crippen LogP contribution >= 0.6 is 0 Å². The third-order valence-electron chi connectivity index (χ3n) is 1.60. The van der Waals surface area contributed by atoms with Crippen LogP contribution in [0.3, 0.4) is 0 Å². The fourth-order valence-electron chi connectivity index (χ4n) is 0.437. The first-order valence-corrected chi connectivity index (χ1v) is 3.79. The van der Waals surface area contributed by atoms with E-state index in [1.807, 2.05) is 19.0 Å². The molecule has 0 aliphatic rings. The molecule has 0 saturated heterocycles. The highest BCUT2D eigenvalue weighted by Gasteiger charge is 2.02. The van der Waals surface area contributed by atoms with E-state index in [1.165, 1.54) is 0 Å². The summed E-state index contributed by atoms with van der Waals surface area (Å²) in [5.74, 6) is 0. The molecule has 2 heteroatoms. The van der Waals surface area contributed by atoms with Crippen molar-refractivity contribution in [2.45, 2.75) is 26.8 Å². The first-order valence-electron chi connectivity index (χ1n) is 3.79. The Morgan fingerprint density at radius 1 is 1.36 bits per heavy atom. The van der Waals surface area contributed by atoms with Gasteiger partial charge in [-0.3, -0.25) is 0 Å². The molecule has 0 aromatic rings. The molecular weight excluding hydrogens is 136 g/mol. The van der Waals surface area contributed by atoms with Crippen molar-refractivity contribution in [2.75, 3.05) is 7.05 Å². The van der Waals surface area contributed by atoms with E-state index in [-0.39, 0.29) is 0 Å². The Hall–Kier alpha value is -0.760.